The maximum atomic E-state index is 12.4. The van der Waals surface area contributed by atoms with E-state index < -0.39 is 0 Å². The summed E-state index contributed by atoms with van der Waals surface area (Å²) in [6, 6.07) is 18.8. The topological polar surface area (TPSA) is 110 Å². The molecule has 5 N–H and O–H groups in total. The predicted molar refractivity (Wildman–Crippen MR) is 155 cm³/mol. The van der Waals surface area contributed by atoms with E-state index in [0.717, 1.165) is 28.4 Å². The third kappa shape index (κ3) is 8.44. The Labute approximate surface area is 218 Å². The van der Waals surface area contributed by atoms with E-state index in [0.29, 0.717) is 23.6 Å². The van der Waals surface area contributed by atoms with Crippen LogP contribution in [0.2, 0.25) is 0 Å². The lowest BCUT2D eigenvalue weighted by atomic mass is 10.1. The van der Waals surface area contributed by atoms with E-state index in [1.54, 1.807) is 31.2 Å². The van der Waals surface area contributed by atoms with Crippen molar-refractivity contribution in [2.75, 3.05) is 27.8 Å². The Hall–Kier alpha value is -4.77. The number of hydrogen-bond acceptors (Lipinski definition) is 4. The van der Waals surface area contributed by atoms with Crippen LogP contribution in [0.3, 0.4) is 0 Å². The fraction of sp³-hybridized carbons (Fsp3) is 0.207. The summed E-state index contributed by atoms with van der Waals surface area (Å²) >= 11 is 0. The van der Waals surface area contributed by atoms with Crippen LogP contribution >= 0.6 is 0 Å². The smallest absolute Gasteiger partial charge is 0.323 e. The van der Waals surface area contributed by atoms with Crippen molar-refractivity contribution < 1.29 is 9.59 Å². The molecule has 3 rings (SSSR count). The van der Waals surface area contributed by atoms with Crippen molar-refractivity contribution in [2.24, 2.45) is 4.99 Å². The Morgan fingerprint density at radius 1 is 0.973 bits per heavy atom. The van der Waals surface area contributed by atoms with E-state index in [2.05, 4.69) is 49.8 Å². The second kappa shape index (κ2) is 14.6. The number of anilines is 4. The number of carbonyl (C=O) groups is 2. The highest BCUT2D eigenvalue weighted by Crippen LogP contribution is 2.27. The molecule has 0 aliphatic heterocycles. The fourth-order valence-electron chi connectivity index (χ4n) is 3.30. The third-order valence-corrected chi connectivity index (χ3v) is 4.96. The third-order valence-electron chi connectivity index (χ3n) is 4.96. The highest BCUT2D eigenvalue weighted by atomic mass is 16.2. The summed E-state index contributed by atoms with van der Waals surface area (Å²) in [5.41, 5.74) is 5.59. The number of amides is 3. The maximum absolute atomic E-state index is 12.4. The van der Waals surface area contributed by atoms with Gasteiger partial charge in [0.15, 0.2) is 0 Å². The van der Waals surface area contributed by atoms with Crippen LogP contribution in [-0.2, 0) is 4.79 Å². The van der Waals surface area contributed by atoms with Crippen molar-refractivity contribution in [2.45, 2.75) is 34.6 Å². The van der Waals surface area contributed by atoms with Crippen LogP contribution in [0.1, 0.15) is 40.2 Å². The van der Waals surface area contributed by atoms with Gasteiger partial charge in [-0.25, -0.2) is 4.79 Å². The summed E-state index contributed by atoms with van der Waals surface area (Å²) in [7, 11) is 0. The molecule has 8 heteroatoms. The number of urea groups is 1. The van der Waals surface area contributed by atoms with Gasteiger partial charge in [-0.2, -0.15) is 0 Å². The van der Waals surface area contributed by atoms with Gasteiger partial charge in [-0.3, -0.25) is 9.79 Å². The minimum atomic E-state index is -0.376. The predicted octanol–water partition coefficient (Wildman–Crippen LogP) is 6.70. The molecule has 0 unspecified atom stereocenters. The van der Waals surface area contributed by atoms with Gasteiger partial charge in [0.2, 0.25) is 5.91 Å². The molecule has 0 radical (unpaired) electrons. The largest absolute Gasteiger partial charge is 0.340 e. The Balaban J connectivity index is 0.00000235. The van der Waals surface area contributed by atoms with Crippen LogP contribution in [0, 0.1) is 12.0 Å². The molecule has 0 bridgehead atoms. The Bertz CT molecular complexity index is 1290. The molecule has 0 aliphatic rings. The van der Waals surface area contributed by atoms with Gasteiger partial charge in [0.25, 0.3) is 0 Å². The minimum absolute atomic E-state index is 0.297. The van der Waals surface area contributed by atoms with Crippen molar-refractivity contribution in [1.29, 1.82) is 0 Å². The lowest BCUT2D eigenvalue weighted by molar-refractivity contribution is -0.111. The lowest BCUT2D eigenvalue weighted by Gasteiger charge is -2.09. The standard InChI is InChI=1S/C27H28N6O2.C2H6/c1-5-16-29-26-23(18(4)28-7-3)17-24(33-26)19-8-10-21(11-9-19)31-27(35)32-22-14-12-20(13-15-22)30-25(34)6-2;1-2/h6,8-15,17,29,33H,2,7H2,1,3-4H3,(H,30,34)(H2,31,32,35);1-2H3. The Morgan fingerprint density at radius 3 is 2.03 bits per heavy atom. The van der Waals surface area contributed by atoms with Crippen LogP contribution in [-0.4, -0.2) is 29.2 Å². The number of nitrogens with zero attached hydrogens (tertiary/aromatic N) is 1. The highest BCUT2D eigenvalue weighted by Gasteiger charge is 2.12. The van der Waals surface area contributed by atoms with Gasteiger partial charge in [0.1, 0.15) is 5.82 Å². The van der Waals surface area contributed by atoms with Gasteiger partial charge in [-0.05, 0) is 74.9 Å². The Morgan fingerprint density at radius 2 is 1.51 bits per heavy atom. The number of hydrogen-bond donors (Lipinski definition) is 5. The van der Waals surface area contributed by atoms with E-state index in [4.69, 9.17) is 0 Å². The van der Waals surface area contributed by atoms with Crippen LogP contribution < -0.4 is 21.3 Å². The molecular formula is C29H34N6O2. The van der Waals surface area contributed by atoms with Crippen LogP contribution in [0.4, 0.5) is 27.7 Å². The zero-order chi connectivity index (χ0) is 27.2. The normalized spacial score (nSPS) is 10.1. The average molecular weight is 499 g/mol. The van der Waals surface area contributed by atoms with Gasteiger partial charge in [-0.1, -0.05) is 38.5 Å². The van der Waals surface area contributed by atoms with Crippen LogP contribution in [0.5, 0.6) is 0 Å². The van der Waals surface area contributed by atoms with E-state index in [1.165, 1.54) is 6.08 Å². The molecule has 37 heavy (non-hydrogen) atoms. The van der Waals surface area contributed by atoms with E-state index in [9.17, 15) is 9.59 Å². The van der Waals surface area contributed by atoms with Crippen LogP contribution in [0.15, 0.2) is 72.2 Å². The number of carbonyl (C=O) groups excluding carboxylic acids is 2. The molecule has 3 aromatic rings. The fourth-order valence-corrected chi connectivity index (χ4v) is 3.30. The number of H-pyrrole nitrogens is 1. The van der Waals surface area contributed by atoms with Crippen molar-refractivity contribution in [3.8, 4) is 23.2 Å². The summed E-state index contributed by atoms with van der Waals surface area (Å²) < 4.78 is 0. The molecule has 0 aliphatic carbocycles. The van der Waals surface area contributed by atoms with Gasteiger partial charge in [-0.15, -0.1) is 0 Å². The first-order chi connectivity index (χ1) is 17.9. The second-order valence-electron chi connectivity index (χ2n) is 7.46. The van der Waals surface area contributed by atoms with Gasteiger partial charge < -0.3 is 26.3 Å². The molecule has 1 aromatic heterocycles. The number of benzene rings is 2. The maximum Gasteiger partial charge on any atom is 0.323 e. The molecule has 0 atom stereocenters. The van der Waals surface area contributed by atoms with Gasteiger partial charge in [0, 0.05) is 46.6 Å². The summed E-state index contributed by atoms with van der Waals surface area (Å²) in [6.07, 6.45) is 1.19. The summed E-state index contributed by atoms with van der Waals surface area (Å²) in [5, 5.41) is 11.3. The zero-order valence-electron chi connectivity index (χ0n) is 22.0. The summed E-state index contributed by atoms with van der Waals surface area (Å²) in [4.78, 5) is 31.6. The molecule has 3 amide bonds. The molecule has 0 spiro atoms. The SMILES string of the molecule is C=CC(=O)Nc1ccc(NC(=O)Nc2ccc(-c3cc(C(C)=NCC)c(NC#CC)[nH]3)cc2)cc1.CC. The number of nitrogens with one attached hydrogen (secondary N) is 5. The first-order valence-corrected chi connectivity index (χ1v) is 12.1. The van der Waals surface area contributed by atoms with Gasteiger partial charge >= 0.3 is 6.03 Å². The summed E-state index contributed by atoms with van der Waals surface area (Å²) in [6.45, 7) is 13.8. The molecule has 192 valence electrons. The highest BCUT2D eigenvalue weighted by molar-refractivity contribution is 6.04. The van der Waals surface area contributed by atoms with E-state index >= 15 is 0 Å². The summed E-state index contributed by atoms with van der Waals surface area (Å²) in [5.74, 6) is 3.33. The van der Waals surface area contributed by atoms with E-state index in [1.807, 2.05) is 58.0 Å². The second-order valence-corrected chi connectivity index (χ2v) is 7.46. The quantitative estimate of drug-likeness (QED) is 0.103. The van der Waals surface area contributed by atoms with Crippen molar-refractivity contribution in [3.05, 3.63) is 72.8 Å². The molecular weight excluding hydrogens is 464 g/mol. The Kier molecular flexibility index (Phi) is 11.2. The van der Waals surface area contributed by atoms with Crippen LogP contribution in [0.25, 0.3) is 11.3 Å². The first-order valence-electron chi connectivity index (χ1n) is 12.1. The number of aromatic amines is 1. The minimum Gasteiger partial charge on any atom is -0.340 e. The lowest BCUT2D eigenvalue weighted by Crippen LogP contribution is -2.19. The monoisotopic (exact) mass is 498 g/mol. The number of aliphatic imine (C=N–C) groups is 1. The number of rotatable bonds is 8. The van der Waals surface area contributed by atoms with Crippen molar-refractivity contribution in [3.63, 3.8) is 0 Å². The van der Waals surface area contributed by atoms with Crippen molar-refractivity contribution >= 4 is 40.5 Å². The molecule has 0 saturated carbocycles. The molecule has 0 saturated heterocycles. The molecule has 8 nitrogen and oxygen atoms in total. The van der Waals surface area contributed by atoms with Crippen molar-refractivity contribution in [1.82, 2.24) is 4.98 Å². The van der Waals surface area contributed by atoms with Gasteiger partial charge in [0.05, 0.1) is 0 Å². The first kappa shape index (κ1) is 28.5. The molecule has 1 heterocycles. The molecule has 2 aromatic carbocycles. The number of aromatic nitrogens is 1. The zero-order valence-corrected chi connectivity index (χ0v) is 22.0. The average Bonchev–Trinajstić information content (AvgIpc) is 3.34. The van der Waals surface area contributed by atoms with E-state index in [-0.39, 0.29) is 11.9 Å². The molecule has 0 fully saturated rings.